The second-order valence-electron chi connectivity index (χ2n) is 12.0. The van der Waals surface area contributed by atoms with Gasteiger partial charge in [-0.25, -0.2) is 9.97 Å². The SMILES string of the molecule is Cc1cccc(-c2ncc(-c3ccccc3)o2)c1Oc1cc(C(C)(C)C)cc(-c2cc(C(C)(C)C)ccn2)n1. The molecule has 198 valence electrons. The highest BCUT2D eigenvalue weighted by Crippen LogP contribution is 2.38. The van der Waals surface area contributed by atoms with Crippen LogP contribution in [0.1, 0.15) is 58.2 Å². The molecular weight excluding hydrogens is 482 g/mol. The van der Waals surface area contributed by atoms with Gasteiger partial charge in [0.1, 0.15) is 5.75 Å². The fourth-order valence-corrected chi connectivity index (χ4v) is 4.35. The summed E-state index contributed by atoms with van der Waals surface area (Å²) >= 11 is 0. The Kier molecular flexibility index (Phi) is 6.85. The van der Waals surface area contributed by atoms with Crippen molar-refractivity contribution >= 4 is 0 Å². The van der Waals surface area contributed by atoms with E-state index in [-0.39, 0.29) is 10.8 Å². The summed E-state index contributed by atoms with van der Waals surface area (Å²) in [4.78, 5) is 14.2. The number of benzene rings is 2. The second kappa shape index (κ2) is 10.1. The fraction of sp³-hybridized carbons (Fsp3) is 0.265. The van der Waals surface area contributed by atoms with Crippen LogP contribution in [0, 0.1) is 6.92 Å². The molecule has 0 amide bonds. The van der Waals surface area contributed by atoms with Crippen molar-refractivity contribution in [3.05, 3.63) is 102 Å². The first kappa shape index (κ1) is 26.4. The van der Waals surface area contributed by atoms with Crippen LogP contribution in [0.5, 0.6) is 11.6 Å². The summed E-state index contributed by atoms with van der Waals surface area (Å²) in [6.45, 7) is 15.2. The molecule has 5 rings (SSSR count). The molecule has 5 nitrogen and oxygen atoms in total. The summed E-state index contributed by atoms with van der Waals surface area (Å²) in [6, 6.07) is 24.2. The van der Waals surface area contributed by atoms with E-state index in [1.54, 1.807) is 6.20 Å². The van der Waals surface area contributed by atoms with Gasteiger partial charge in [-0.15, -0.1) is 0 Å². The van der Waals surface area contributed by atoms with E-state index in [4.69, 9.17) is 14.1 Å². The number of pyridine rings is 2. The molecule has 0 unspecified atom stereocenters. The number of hydrogen-bond donors (Lipinski definition) is 0. The molecule has 0 aliphatic carbocycles. The third kappa shape index (κ3) is 5.78. The van der Waals surface area contributed by atoms with Crippen molar-refractivity contribution in [3.63, 3.8) is 0 Å². The molecule has 0 aliphatic heterocycles. The van der Waals surface area contributed by atoms with Crippen molar-refractivity contribution in [2.45, 2.75) is 59.3 Å². The van der Waals surface area contributed by atoms with Gasteiger partial charge in [0.25, 0.3) is 0 Å². The molecule has 0 atom stereocenters. The fourth-order valence-electron chi connectivity index (χ4n) is 4.35. The van der Waals surface area contributed by atoms with E-state index in [1.165, 1.54) is 5.56 Å². The molecule has 3 heterocycles. The summed E-state index contributed by atoms with van der Waals surface area (Å²) in [5, 5.41) is 0. The van der Waals surface area contributed by atoms with Crippen molar-refractivity contribution in [1.82, 2.24) is 15.0 Å². The maximum Gasteiger partial charge on any atom is 0.230 e. The first-order chi connectivity index (χ1) is 18.5. The van der Waals surface area contributed by atoms with Crippen LogP contribution >= 0.6 is 0 Å². The first-order valence-electron chi connectivity index (χ1n) is 13.3. The van der Waals surface area contributed by atoms with Gasteiger partial charge in [-0.2, -0.15) is 0 Å². The number of hydrogen-bond acceptors (Lipinski definition) is 5. The molecule has 0 spiro atoms. The molecule has 0 saturated carbocycles. The second-order valence-corrected chi connectivity index (χ2v) is 12.0. The third-order valence-electron chi connectivity index (χ3n) is 6.77. The van der Waals surface area contributed by atoms with Crippen LogP contribution < -0.4 is 4.74 Å². The largest absolute Gasteiger partial charge is 0.438 e. The molecule has 0 N–H and O–H groups in total. The zero-order chi connectivity index (χ0) is 27.8. The van der Waals surface area contributed by atoms with E-state index in [9.17, 15) is 0 Å². The van der Waals surface area contributed by atoms with E-state index in [2.05, 4.69) is 69.7 Å². The van der Waals surface area contributed by atoms with E-state index in [1.807, 2.05) is 67.7 Å². The predicted octanol–water partition coefficient (Wildman–Crippen LogP) is 9.16. The highest BCUT2D eigenvalue weighted by molar-refractivity contribution is 5.68. The summed E-state index contributed by atoms with van der Waals surface area (Å²) < 4.78 is 12.7. The Labute approximate surface area is 231 Å². The van der Waals surface area contributed by atoms with Crippen molar-refractivity contribution in [3.8, 4) is 45.8 Å². The van der Waals surface area contributed by atoms with Gasteiger partial charge in [0, 0.05) is 17.8 Å². The average molecular weight is 518 g/mol. The van der Waals surface area contributed by atoms with Crippen LogP contribution in [0.15, 0.2) is 89.6 Å². The smallest absolute Gasteiger partial charge is 0.230 e. The lowest BCUT2D eigenvalue weighted by Crippen LogP contribution is -2.13. The quantitative estimate of drug-likeness (QED) is 0.233. The zero-order valence-corrected chi connectivity index (χ0v) is 23.7. The maximum absolute atomic E-state index is 6.57. The van der Waals surface area contributed by atoms with Crippen LogP contribution in [-0.2, 0) is 10.8 Å². The Morgan fingerprint density at radius 2 is 1.44 bits per heavy atom. The van der Waals surface area contributed by atoms with E-state index < -0.39 is 0 Å². The molecule has 0 bridgehead atoms. The monoisotopic (exact) mass is 517 g/mol. The maximum atomic E-state index is 6.57. The van der Waals surface area contributed by atoms with E-state index in [0.29, 0.717) is 23.3 Å². The van der Waals surface area contributed by atoms with Crippen molar-refractivity contribution in [2.24, 2.45) is 0 Å². The van der Waals surface area contributed by atoms with Crippen LogP contribution in [0.2, 0.25) is 0 Å². The minimum absolute atomic E-state index is 0.00333. The van der Waals surface area contributed by atoms with Crippen LogP contribution in [0.4, 0.5) is 0 Å². The number of para-hydroxylation sites is 1. The van der Waals surface area contributed by atoms with E-state index in [0.717, 1.165) is 33.6 Å². The Balaban J connectivity index is 1.58. The van der Waals surface area contributed by atoms with Gasteiger partial charge in [-0.1, -0.05) is 84.0 Å². The van der Waals surface area contributed by atoms with Gasteiger partial charge in [0.05, 0.1) is 23.1 Å². The van der Waals surface area contributed by atoms with Gasteiger partial charge in [-0.3, -0.25) is 4.98 Å². The molecule has 0 fully saturated rings. The minimum Gasteiger partial charge on any atom is -0.438 e. The van der Waals surface area contributed by atoms with Crippen LogP contribution in [0.25, 0.3) is 34.2 Å². The average Bonchev–Trinajstić information content (AvgIpc) is 3.40. The lowest BCUT2D eigenvalue weighted by atomic mass is 9.86. The van der Waals surface area contributed by atoms with Gasteiger partial charge >= 0.3 is 0 Å². The molecule has 3 aromatic heterocycles. The highest BCUT2D eigenvalue weighted by Gasteiger charge is 2.22. The number of nitrogens with zero attached hydrogens (tertiary/aromatic N) is 3. The summed E-state index contributed by atoms with van der Waals surface area (Å²) in [6.07, 6.45) is 3.61. The molecule has 5 heteroatoms. The number of aromatic nitrogens is 3. The summed E-state index contributed by atoms with van der Waals surface area (Å²) in [7, 11) is 0. The minimum atomic E-state index is -0.112. The molecule has 2 aromatic carbocycles. The number of ether oxygens (including phenoxy) is 1. The standard InChI is InChI=1S/C34H35N3O2/c1-22-12-11-15-26(32-36-21-29(38-32)23-13-9-8-10-14-23)31(22)39-30-20-25(34(5,6)7)19-28(37-30)27-18-24(16-17-35-27)33(2,3)4/h8-21H,1-7H3. The summed E-state index contributed by atoms with van der Waals surface area (Å²) in [5.74, 6) is 2.38. The molecule has 0 aliphatic rings. The van der Waals surface area contributed by atoms with Gasteiger partial charge in [0.15, 0.2) is 5.76 Å². The third-order valence-corrected chi connectivity index (χ3v) is 6.77. The number of oxazole rings is 1. The van der Waals surface area contributed by atoms with Gasteiger partial charge in [0.2, 0.25) is 11.8 Å². The van der Waals surface area contributed by atoms with Crippen LogP contribution in [-0.4, -0.2) is 15.0 Å². The van der Waals surface area contributed by atoms with Gasteiger partial charge in [-0.05, 0) is 58.7 Å². The summed E-state index contributed by atoms with van der Waals surface area (Å²) in [5.41, 5.74) is 6.52. The molecule has 0 saturated heterocycles. The molecule has 39 heavy (non-hydrogen) atoms. The van der Waals surface area contributed by atoms with E-state index >= 15 is 0 Å². The predicted molar refractivity (Wildman–Crippen MR) is 157 cm³/mol. The van der Waals surface area contributed by atoms with Crippen LogP contribution in [0.3, 0.4) is 0 Å². The topological polar surface area (TPSA) is 61.0 Å². The lowest BCUT2D eigenvalue weighted by molar-refractivity contribution is 0.455. The van der Waals surface area contributed by atoms with Crippen molar-refractivity contribution in [1.29, 1.82) is 0 Å². The Morgan fingerprint density at radius 1 is 0.718 bits per heavy atom. The van der Waals surface area contributed by atoms with Gasteiger partial charge < -0.3 is 9.15 Å². The lowest BCUT2D eigenvalue weighted by Gasteiger charge is -2.22. The molecule has 5 aromatic rings. The Morgan fingerprint density at radius 3 is 2.15 bits per heavy atom. The Hall–Kier alpha value is -4.25. The number of rotatable bonds is 5. The zero-order valence-electron chi connectivity index (χ0n) is 23.7. The first-order valence-corrected chi connectivity index (χ1v) is 13.3. The highest BCUT2D eigenvalue weighted by atomic mass is 16.5. The molecular formula is C34H35N3O2. The van der Waals surface area contributed by atoms with Crippen molar-refractivity contribution in [2.75, 3.05) is 0 Å². The normalized spacial score (nSPS) is 12.0. The van der Waals surface area contributed by atoms with Crippen molar-refractivity contribution < 1.29 is 9.15 Å². The number of aryl methyl sites for hydroxylation is 1. The Bertz CT molecular complexity index is 1610. The molecule has 0 radical (unpaired) electrons.